The molecule has 2 atom stereocenters. The van der Waals surface area contributed by atoms with E-state index in [4.69, 9.17) is 0 Å². The molecule has 4 rings (SSSR count). The smallest absolute Gasteiger partial charge is 0.184 e. The topological polar surface area (TPSA) is 17.1 Å². The van der Waals surface area contributed by atoms with E-state index in [0.717, 1.165) is 11.1 Å². The Labute approximate surface area is 134 Å². The summed E-state index contributed by atoms with van der Waals surface area (Å²) in [6.45, 7) is 2.06. The number of carbonyl (C=O) groups is 1. The molecule has 22 heavy (non-hydrogen) atoms. The second kappa shape index (κ2) is 4.72. The molecule has 0 spiro atoms. The Balaban J connectivity index is 1.83. The number of ketones is 1. The molecule has 0 amide bonds. The fourth-order valence-electron chi connectivity index (χ4n) is 3.28. The van der Waals surface area contributed by atoms with Crippen molar-refractivity contribution < 1.29 is 4.79 Å². The summed E-state index contributed by atoms with van der Waals surface area (Å²) < 4.78 is -0.741. The summed E-state index contributed by atoms with van der Waals surface area (Å²) in [5.74, 6) is 0.200. The SMILES string of the molecule is CC1=CC2(C(=O)c3ccccc3)SC2(c2ccccc2)C=C1. The fourth-order valence-corrected chi connectivity index (χ4v) is 4.92. The molecular formula is C20H16OS. The highest BCUT2D eigenvalue weighted by molar-refractivity contribution is 8.10. The molecule has 1 heterocycles. The van der Waals surface area contributed by atoms with Crippen LogP contribution in [0.25, 0.3) is 0 Å². The van der Waals surface area contributed by atoms with E-state index >= 15 is 0 Å². The van der Waals surface area contributed by atoms with Crippen LogP contribution >= 0.6 is 11.8 Å². The van der Waals surface area contributed by atoms with Crippen molar-refractivity contribution in [2.24, 2.45) is 0 Å². The normalized spacial score (nSPS) is 28.7. The molecule has 0 saturated carbocycles. The maximum atomic E-state index is 13.2. The van der Waals surface area contributed by atoms with E-state index in [9.17, 15) is 4.79 Å². The zero-order valence-corrected chi connectivity index (χ0v) is 13.1. The third-order valence-corrected chi connectivity index (χ3v) is 6.18. The van der Waals surface area contributed by atoms with Crippen LogP contribution < -0.4 is 0 Å². The number of allylic oxidation sites excluding steroid dienone is 2. The van der Waals surface area contributed by atoms with E-state index < -0.39 is 4.75 Å². The minimum absolute atomic E-state index is 0.200. The van der Waals surface area contributed by atoms with Crippen molar-refractivity contribution in [2.75, 3.05) is 0 Å². The molecule has 0 bridgehead atoms. The van der Waals surface area contributed by atoms with Crippen LogP contribution in [-0.4, -0.2) is 10.5 Å². The van der Waals surface area contributed by atoms with Crippen molar-refractivity contribution in [1.29, 1.82) is 0 Å². The zero-order valence-electron chi connectivity index (χ0n) is 12.3. The number of fused-ring (bicyclic) bond motifs is 1. The first-order valence-corrected chi connectivity index (χ1v) is 8.24. The van der Waals surface area contributed by atoms with Crippen molar-refractivity contribution in [3.63, 3.8) is 0 Å². The van der Waals surface area contributed by atoms with Crippen molar-refractivity contribution in [3.8, 4) is 0 Å². The summed E-state index contributed by atoms with van der Waals surface area (Å²) in [6.07, 6.45) is 6.46. The number of hydrogen-bond donors (Lipinski definition) is 0. The molecule has 1 fully saturated rings. The van der Waals surface area contributed by atoms with Gasteiger partial charge in [0, 0.05) is 5.56 Å². The van der Waals surface area contributed by atoms with Gasteiger partial charge in [0.1, 0.15) is 4.75 Å². The minimum Gasteiger partial charge on any atom is -0.292 e. The number of Topliss-reactive ketones (excluding diaryl/α,β-unsaturated/α-hetero) is 1. The first-order chi connectivity index (χ1) is 10.7. The predicted octanol–water partition coefficient (Wildman–Crippen LogP) is 4.77. The fraction of sp³-hybridized carbons (Fsp3) is 0.150. The lowest BCUT2D eigenvalue weighted by molar-refractivity contribution is 0.0967. The molecule has 2 aliphatic rings. The number of thioether (sulfide) groups is 1. The van der Waals surface area contributed by atoms with E-state index in [0.29, 0.717) is 0 Å². The highest BCUT2D eigenvalue weighted by atomic mass is 32.2. The van der Waals surface area contributed by atoms with Crippen molar-refractivity contribution in [3.05, 3.63) is 95.6 Å². The summed E-state index contributed by atoms with van der Waals surface area (Å²) >= 11 is 1.74. The third-order valence-electron chi connectivity index (χ3n) is 4.42. The lowest BCUT2D eigenvalue weighted by atomic mass is 9.77. The predicted molar refractivity (Wildman–Crippen MR) is 92.1 cm³/mol. The van der Waals surface area contributed by atoms with Gasteiger partial charge >= 0.3 is 0 Å². The molecule has 2 aromatic carbocycles. The largest absolute Gasteiger partial charge is 0.292 e. The van der Waals surface area contributed by atoms with Gasteiger partial charge in [0.05, 0.1) is 4.75 Å². The van der Waals surface area contributed by atoms with Gasteiger partial charge in [-0.05, 0) is 12.5 Å². The first kappa shape index (κ1) is 13.6. The van der Waals surface area contributed by atoms with Crippen LogP contribution in [0.3, 0.4) is 0 Å². The Kier molecular flexibility index (Phi) is 2.92. The molecule has 2 heteroatoms. The summed E-state index contributed by atoms with van der Waals surface area (Å²) in [6, 6.07) is 20.0. The van der Waals surface area contributed by atoms with Gasteiger partial charge in [0.15, 0.2) is 5.78 Å². The average molecular weight is 304 g/mol. The number of rotatable bonds is 3. The Morgan fingerprint density at radius 1 is 0.955 bits per heavy atom. The van der Waals surface area contributed by atoms with Crippen LogP contribution in [0.1, 0.15) is 22.8 Å². The lowest BCUT2D eigenvalue weighted by Gasteiger charge is -2.21. The molecule has 0 aromatic heterocycles. The quantitative estimate of drug-likeness (QED) is 0.600. The van der Waals surface area contributed by atoms with E-state index in [-0.39, 0.29) is 10.5 Å². The van der Waals surface area contributed by atoms with Gasteiger partial charge in [-0.2, -0.15) is 0 Å². The standard InChI is InChI=1S/C20H16OS/c1-15-12-13-19(17-10-6-3-7-11-17)20(14-15,22-19)18(21)16-8-4-2-5-9-16/h2-14H,1H3. The van der Waals surface area contributed by atoms with Crippen LogP contribution in [0, 0.1) is 0 Å². The minimum atomic E-state index is -0.492. The Hall–Kier alpha value is -2.06. The molecular weight excluding hydrogens is 288 g/mol. The molecule has 0 N–H and O–H groups in total. The molecule has 2 unspecified atom stereocenters. The van der Waals surface area contributed by atoms with Crippen molar-refractivity contribution >= 4 is 17.5 Å². The molecule has 2 aromatic rings. The molecule has 1 nitrogen and oxygen atoms in total. The second-order valence-electron chi connectivity index (χ2n) is 5.86. The van der Waals surface area contributed by atoms with Gasteiger partial charge in [0.2, 0.25) is 0 Å². The third kappa shape index (κ3) is 1.77. The second-order valence-corrected chi connectivity index (χ2v) is 7.35. The van der Waals surface area contributed by atoms with Crippen LogP contribution in [0.15, 0.2) is 84.5 Å². The maximum Gasteiger partial charge on any atom is 0.184 e. The van der Waals surface area contributed by atoms with Gasteiger partial charge in [-0.3, -0.25) is 4.79 Å². The van der Waals surface area contributed by atoms with Crippen LogP contribution in [0.2, 0.25) is 0 Å². The van der Waals surface area contributed by atoms with E-state index in [1.165, 1.54) is 5.56 Å². The Morgan fingerprint density at radius 2 is 1.59 bits per heavy atom. The summed E-state index contributed by atoms with van der Waals surface area (Å²) in [5, 5.41) is 0. The van der Waals surface area contributed by atoms with Gasteiger partial charge in [-0.15, -0.1) is 11.8 Å². The van der Waals surface area contributed by atoms with Crippen molar-refractivity contribution in [1.82, 2.24) is 0 Å². The first-order valence-electron chi connectivity index (χ1n) is 7.42. The van der Waals surface area contributed by atoms with Gasteiger partial charge < -0.3 is 0 Å². The molecule has 1 aliphatic heterocycles. The van der Waals surface area contributed by atoms with Gasteiger partial charge in [0.25, 0.3) is 0 Å². The van der Waals surface area contributed by atoms with Crippen LogP contribution in [-0.2, 0) is 4.75 Å². The summed E-state index contributed by atoms with van der Waals surface area (Å²) in [7, 11) is 0. The highest BCUT2D eigenvalue weighted by Crippen LogP contribution is 2.74. The molecule has 1 aliphatic carbocycles. The van der Waals surface area contributed by atoms with Crippen LogP contribution in [0.4, 0.5) is 0 Å². The average Bonchev–Trinajstić information content (AvgIpc) is 3.26. The maximum absolute atomic E-state index is 13.2. The number of carbonyl (C=O) groups excluding carboxylic acids is 1. The monoisotopic (exact) mass is 304 g/mol. The lowest BCUT2D eigenvalue weighted by Crippen LogP contribution is -2.32. The summed E-state index contributed by atoms with van der Waals surface area (Å²) in [5.41, 5.74) is 3.14. The highest BCUT2D eigenvalue weighted by Gasteiger charge is 2.72. The summed E-state index contributed by atoms with van der Waals surface area (Å²) in [4.78, 5) is 13.2. The number of hydrogen-bond acceptors (Lipinski definition) is 2. The van der Waals surface area contributed by atoms with Crippen molar-refractivity contribution in [2.45, 2.75) is 16.4 Å². The molecule has 108 valence electrons. The Bertz CT molecular complexity index is 791. The zero-order chi connectivity index (χ0) is 15.2. The number of benzene rings is 2. The van der Waals surface area contributed by atoms with E-state index in [1.54, 1.807) is 11.8 Å². The van der Waals surface area contributed by atoms with Crippen LogP contribution in [0.5, 0.6) is 0 Å². The van der Waals surface area contributed by atoms with E-state index in [2.05, 4.69) is 37.3 Å². The van der Waals surface area contributed by atoms with E-state index in [1.807, 2.05) is 48.5 Å². The van der Waals surface area contributed by atoms with Gasteiger partial charge in [-0.25, -0.2) is 0 Å². The molecule has 0 radical (unpaired) electrons. The van der Waals surface area contributed by atoms with Gasteiger partial charge in [-0.1, -0.05) is 84.5 Å². The molecule has 1 saturated heterocycles. The Morgan fingerprint density at radius 3 is 2.27 bits per heavy atom.